The fourth-order valence-electron chi connectivity index (χ4n) is 3.50. The molecular formula is C19H26N2O2. The molecule has 3 N–H and O–H groups in total. The maximum absolute atomic E-state index is 10.9. The van der Waals surface area contributed by atoms with E-state index in [1.165, 1.54) is 10.9 Å². The predicted octanol–water partition coefficient (Wildman–Crippen LogP) is 3.52. The summed E-state index contributed by atoms with van der Waals surface area (Å²) < 4.78 is 5.78. The molecule has 0 bridgehead atoms. The van der Waals surface area contributed by atoms with Crippen LogP contribution in [0.5, 0.6) is 0 Å². The molecule has 1 aliphatic heterocycles. The van der Waals surface area contributed by atoms with Gasteiger partial charge in [0.05, 0.1) is 11.8 Å². The molecule has 4 heteroatoms. The summed E-state index contributed by atoms with van der Waals surface area (Å²) in [6, 6.07) is 8.28. The first kappa shape index (κ1) is 16.1. The lowest BCUT2D eigenvalue weighted by Gasteiger charge is -2.29. The van der Waals surface area contributed by atoms with Crippen molar-refractivity contribution in [1.29, 1.82) is 0 Å². The van der Waals surface area contributed by atoms with Crippen molar-refractivity contribution in [1.82, 2.24) is 10.3 Å². The molecule has 0 fully saturated rings. The number of fused-ring (bicyclic) bond motifs is 3. The predicted molar refractivity (Wildman–Crippen MR) is 94.1 cm³/mol. The lowest BCUT2D eigenvalue weighted by molar-refractivity contribution is -0.167. The van der Waals surface area contributed by atoms with Gasteiger partial charge in [0, 0.05) is 34.6 Å². The lowest BCUT2D eigenvalue weighted by atomic mass is 9.81. The van der Waals surface area contributed by atoms with Crippen molar-refractivity contribution in [2.24, 2.45) is 0 Å². The summed E-state index contributed by atoms with van der Waals surface area (Å²) in [6.45, 7) is 10.8. The summed E-state index contributed by atoms with van der Waals surface area (Å²) in [5, 5.41) is 15.5. The molecule has 1 atom stereocenters. The van der Waals surface area contributed by atoms with E-state index in [9.17, 15) is 5.11 Å². The van der Waals surface area contributed by atoms with Gasteiger partial charge in [0.2, 0.25) is 0 Å². The van der Waals surface area contributed by atoms with Crippen LogP contribution in [0.2, 0.25) is 0 Å². The smallest absolute Gasteiger partial charge is 0.193 e. The largest absolute Gasteiger partial charge is 0.390 e. The second-order valence-corrected chi connectivity index (χ2v) is 7.39. The maximum Gasteiger partial charge on any atom is 0.193 e. The van der Waals surface area contributed by atoms with Crippen molar-refractivity contribution < 1.29 is 9.84 Å². The number of hydrogen-bond donors (Lipinski definition) is 3. The topological polar surface area (TPSA) is 57.3 Å². The number of aromatic amines is 1. The van der Waals surface area contributed by atoms with Gasteiger partial charge in [-0.25, -0.2) is 0 Å². The van der Waals surface area contributed by atoms with E-state index in [0.717, 1.165) is 23.3 Å². The quantitative estimate of drug-likeness (QED) is 0.760. The van der Waals surface area contributed by atoms with Gasteiger partial charge < -0.3 is 20.1 Å². The van der Waals surface area contributed by atoms with E-state index >= 15 is 0 Å². The van der Waals surface area contributed by atoms with Gasteiger partial charge in [-0.05, 0) is 32.4 Å². The van der Waals surface area contributed by atoms with Crippen LogP contribution in [0.3, 0.4) is 0 Å². The van der Waals surface area contributed by atoms with E-state index < -0.39 is 5.79 Å². The van der Waals surface area contributed by atoms with Gasteiger partial charge >= 0.3 is 0 Å². The standard InChI is InChI=1S/C19H26N2O2/c1-12(2)23-19(5,22)14-10-20-11-18(3,4)16-13-8-6-7-9-15(13)21-17(14)16/h6-10,12,20-22H,11H2,1-5H3. The van der Waals surface area contributed by atoms with Crippen molar-refractivity contribution in [3.8, 4) is 0 Å². The van der Waals surface area contributed by atoms with Crippen molar-refractivity contribution in [2.75, 3.05) is 6.54 Å². The Kier molecular flexibility index (Phi) is 3.77. The number of benzene rings is 1. The van der Waals surface area contributed by atoms with E-state index in [2.05, 4.69) is 42.3 Å². The van der Waals surface area contributed by atoms with Gasteiger partial charge in [-0.2, -0.15) is 0 Å². The number of rotatable bonds is 3. The second kappa shape index (κ2) is 5.39. The molecule has 4 nitrogen and oxygen atoms in total. The summed E-state index contributed by atoms with van der Waals surface area (Å²) >= 11 is 0. The number of ether oxygens (including phenoxy) is 1. The molecule has 23 heavy (non-hydrogen) atoms. The Morgan fingerprint density at radius 3 is 2.65 bits per heavy atom. The van der Waals surface area contributed by atoms with Gasteiger partial charge in [-0.15, -0.1) is 0 Å². The summed E-state index contributed by atoms with van der Waals surface area (Å²) in [6.07, 6.45) is 1.81. The van der Waals surface area contributed by atoms with E-state index in [4.69, 9.17) is 4.74 Å². The first-order valence-electron chi connectivity index (χ1n) is 8.18. The summed E-state index contributed by atoms with van der Waals surface area (Å²) in [5.41, 5.74) is 3.92. The molecule has 0 amide bonds. The minimum absolute atomic E-state index is 0.0684. The molecule has 0 aliphatic carbocycles. The number of H-pyrrole nitrogens is 1. The van der Waals surface area contributed by atoms with E-state index in [1.54, 1.807) is 6.92 Å². The Balaban J connectivity index is 2.24. The van der Waals surface area contributed by atoms with Crippen molar-refractivity contribution in [2.45, 2.75) is 51.9 Å². The molecule has 3 rings (SSSR count). The highest BCUT2D eigenvalue weighted by molar-refractivity contribution is 5.91. The molecular weight excluding hydrogens is 288 g/mol. The highest BCUT2D eigenvalue weighted by Crippen LogP contribution is 2.41. The summed E-state index contributed by atoms with van der Waals surface area (Å²) in [7, 11) is 0. The molecule has 0 saturated carbocycles. The average Bonchev–Trinajstić information content (AvgIpc) is 2.75. The number of aliphatic hydroxyl groups is 1. The lowest BCUT2D eigenvalue weighted by Crippen LogP contribution is -2.33. The normalized spacial score (nSPS) is 19.7. The fraction of sp³-hybridized carbons (Fsp3) is 0.474. The Labute approximate surface area is 137 Å². The third-order valence-corrected chi connectivity index (χ3v) is 4.41. The molecule has 0 radical (unpaired) electrons. The molecule has 1 unspecified atom stereocenters. The summed E-state index contributed by atoms with van der Waals surface area (Å²) in [4.78, 5) is 3.49. The molecule has 1 aromatic carbocycles. The third-order valence-electron chi connectivity index (χ3n) is 4.41. The van der Waals surface area contributed by atoms with Crippen molar-refractivity contribution in [3.63, 3.8) is 0 Å². The van der Waals surface area contributed by atoms with E-state index in [1.807, 2.05) is 26.1 Å². The minimum Gasteiger partial charge on any atom is -0.390 e. The van der Waals surface area contributed by atoms with Gasteiger partial charge in [0.1, 0.15) is 0 Å². The highest BCUT2D eigenvalue weighted by Gasteiger charge is 2.38. The van der Waals surface area contributed by atoms with Gasteiger partial charge in [0.25, 0.3) is 0 Å². The molecule has 2 heterocycles. The molecule has 124 valence electrons. The highest BCUT2D eigenvalue weighted by atomic mass is 16.6. The first-order valence-corrected chi connectivity index (χ1v) is 8.18. The van der Waals surface area contributed by atoms with Crippen LogP contribution in [0, 0.1) is 0 Å². The zero-order chi connectivity index (χ0) is 16.8. The number of aromatic nitrogens is 1. The monoisotopic (exact) mass is 314 g/mol. The molecule has 0 spiro atoms. The van der Waals surface area contributed by atoms with Crippen LogP contribution in [0.1, 0.15) is 45.9 Å². The van der Waals surface area contributed by atoms with Gasteiger partial charge in [-0.1, -0.05) is 32.0 Å². The zero-order valence-corrected chi connectivity index (χ0v) is 14.5. The van der Waals surface area contributed by atoms with E-state index in [-0.39, 0.29) is 11.5 Å². The van der Waals surface area contributed by atoms with E-state index in [0.29, 0.717) is 0 Å². The Morgan fingerprint density at radius 1 is 1.26 bits per heavy atom. The molecule has 1 aromatic heterocycles. The van der Waals surface area contributed by atoms with Crippen LogP contribution in [0.15, 0.2) is 30.5 Å². The van der Waals surface area contributed by atoms with Crippen LogP contribution in [0.25, 0.3) is 16.5 Å². The molecule has 2 aromatic rings. The Hall–Kier alpha value is -1.78. The van der Waals surface area contributed by atoms with Crippen LogP contribution in [-0.2, 0) is 10.2 Å². The van der Waals surface area contributed by atoms with Crippen LogP contribution >= 0.6 is 0 Å². The SMILES string of the molecule is CC(C)OC(C)(O)C1=CNCC(C)(C)c2c1[nH]c1ccccc21. The number of nitrogens with one attached hydrogen (secondary N) is 2. The Bertz CT molecular complexity index is 754. The van der Waals surface area contributed by atoms with Gasteiger partial charge in [0.15, 0.2) is 5.79 Å². The summed E-state index contributed by atoms with van der Waals surface area (Å²) in [5.74, 6) is -1.36. The fourth-order valence-corrected chi connectivity index (χ4v) is 3.50. The average molecular weight is 314 g/mol. The van der Waals surface area contributed by atoms with Crippen LogP contribution in [0.4, 0.5) is 0 Å². The van der Waals surface area contributed by atoms with Gasteiger partial charge in [-0.3, -0.25) is 0 Å². The Morgan fingerprint density at radius 2 is 1.96 bits per heavy atom. The van der Waals surface area contributed by atoms with Crippen LogP contribution < -0.4 is 5.32 Å². The minimum atomic E-state index is -1.36. The van der Waals surface area contributed by atoms with Crippen molar-refractivity contribution in [3.05, 3.63) is 41.7 Å². The molecule has 0 saturated heterocycles. The third kappa shape index (κ3) is 2.77. The number of hydrogen-bond acceptors (Lipinski definition) is 3. The molecule has 1 aliphatic rings. The maximum atomic E-state index is 10.9. The first-order chi connectivity index (χ1) is 10.7. The van der Waals surface area contributed by atoms with Crippen molar-refractivity contribution >= 4 is 16.5 Å². The number of para-hydroxylation sites is 1. The second-order valence-electron chi connectivity index (χ2n) is 7.39. The zero-order valence-electron chi connectivity index (χ0n) is 14.5. The van der Waals surface area contributed by atoms with Crippen LogP contribution in [-0.4, -0.2) is 28.5 Å².